The molecule has 0 aliphatic carbocycles. The average Bonchev–Trinajstić information content (AvgIpc) is 2.93. The highest BCUT2D eigenvalue weighted by atomic mass is 19.1. The van der Waals surface area contributed by atoms with Gasteiger partial charge in [0.05, 0.1) is 25.5 Å². The SMILES string of the molecule is CCOC(=O)[C@@H]1CCCN(C(=O)Cc2ccc(N(Cc3ccc(F)cc3)C(=O)c3ccccc3)cc2)C1. The van der Waals surface area contributed by atoms with Gasteiger partial charge in [0.2, 0.25) is 5.91 Å². The number of likely N-dealkylation sites (tertiary alicyclic amines) is 1. The fourth-order valence-corrected chi connectivity index (χ4v) is 4.53. The first-order chi connectivity index (χ1) is 17.9. The molecule has 192 valence electrons. The van der Waals surface area contributed by atoms with Crippen LogP contribution in [-0.4, -0.2) is 42.4 Å². The number of piperidine rings is 1. The number of amides is 2. The smallest absolute Gasteiger partial charge is 0.310 e. The van der Waals surface area contributed by atoms with Crippen LogP contribution in [0.25, 0.3) is 0 Å². The van der Waals surface area contributed by atoms with Crippen LogP contribution in [0.4, 0.5) is 10.1 Å². The highest BCUT2D eigenvalue weighted by Crippen LogP contribution is 2.23. The van der Waals surface area contributed by atoms with Crippen LogP contribution in [0.5, 0.6) is 0 Å². The molecule has 2 amide bonds. The molecule has 1 aliphatic heterocycles. The molecule has 1 saturated heterocycles. The predicted molar refractivity (Wildman–Crippen MR) is 139 cm³/mol. The van der Waals surface area contributed by atoms with Crippen LogP contribution in [-0.2, 0) is 27.3 Å². The van der Waals surface area contributed by atoms with E-state index in [0.29, 0.717) is 30.9 Å². The lowest BCUT2D eigenvalue weighted by molar-refractivity contribution is -0.151. The number of hydrogen-bond donors (Lipinski definition) is 0. The van der Waals surface area contributed by atoms with Crippen molar-refractivity contribution in [2.24, 2.45) is 5.92 Å². The van der Waals surface area contributed by atoms with Crippen molar-refractivity contribution in [2.75, 3.05) is 24.6 Å². The molecular weight excluding hydrogens is 471 g/mol. The predicted octanol–water partition coefficient (Wildman–Crippen LogP) is 5.02. The van der Waals surface area contributed by atoms with Gasteiger partial charge in [0.15, 0.2) is 0 Å². The van der Waals surface area contributed by atoms with Crippen molar-refractivity contribution in [2.45, 2.75) is 32.7 Å². The van der Waals surface area contributed by atoms with Crippen LogP contribution in [0, 0.1) is 11.7 Å². The van der Waals surface area contributed by atoms with Crippen molar-refractivity contribution in [1.29, 1.82) is 0 Å². The molecule has 1 atom stereocenters. The van der Waals surface area contributed by atoms with Crippen molar-refractivity contribution in [3.63, 3.8) is 0 Å². The summed E-state index contributed by atoms with van der Waals surface area (Å²) in [7, 11) is 0. The topological polar surface area (TPSA) is 66.9 Å². The first kappa shape index (κ1) is 26.1. The Morgan fingerprint density at radius 2 is 1.62 bits per heavy atom. The summed E-state index contributed by atoms with van der Waals surface area (Å²) in [5.74, 6) is -1.06. The Hall–Kier alpha value is -4.00. The van der Waals surface area contributed by atoms with Crippen molar-refractivity contribution < 1.29 is 23.5 Å². The molecule has 7 heteroatoms. The zero-order chi connectivity index (χ0) is 26.2. The van der Waals surface area contributed by atoms with E-state index >= 15 is 0 Å². The number of hydrogen-bond acceptors (Lipinski definition) is 4. The lowest BCUT2D eigenvalue weighted by Crippen LogP contribution is -2.43. The maximum atomic E-state index is 13.4. The highest BCUT2D eigenvalue weighted by Gasteiger charge is 2.29. The van der Waals surface area contributed by atoms with E-state index in [1.807, 2.05) is 42.5 Å². The van der Waals surface area contributed by atoms with Gasteiger partial charge in [-0.05, 0) is 67.3 Å². The van der Waals surface area contributed by atoms with Gasteiger partial charge in [-0.25, -0.2) is 4.39 Å². The maximum Gasteiger partial charge on any atom is 0.310 e. The van der Waals surface area contributed by atoms with Crippen LogP contribution in [0.15, 0.2) is 78.9 Å². The maximum absolute atomic E-state index is 13.4. The molecule has 3 aromatic carbocycles. The molecular formula is C30H31FN2O4. The van der Waals surface area contributed by atoms with E-state index < -0.39 is 0 Å². The summed E-state index contributed by atoms with van der Waals surface area (Å²) in [6.07, 6.45) is 1.71. The van der Waals surface area contributed by atoms with Gasteiger partial charge < -0.3 is 14.5 Å². The summed E-state index contributed by atoms with van der Waals surface area (Å²) in [5.41, 5.74) is 2.84. The number of rotatable bonds is 8. The molecule has 1 aliphatic rings. The molecule has 0 bridgehead atoms. The summed E-state index contributed by atoms with van der Waals surface area (Å²) >= 11 is 0. The number of carbonyl (C=O) groups is 3. The molecule has 0 spiro atoms. The van der Waals surface area contributed by atoms with Gasteiger partial charge in [0, 0.05) is 24.3 Å². The van der Waals surface area contributed by atoms with Crippen molar-refractivity contribution in [1.82, 2.24) is 4.90 Å². The molecule has 0 saturated carbocycles. The van der Waals surface area contributed by atoms with Crippen LogP contribution < -0.4 is 4.90 Å². The normalized spacial score (nSPS) is 15.2. The molecule has 1 heterocycles. The number of nitrogens with zero attached hydrogens (tertiary/aromatic N) is 2. The van der Waals surface area contributed by atoms with E-state index in [2.05, 4.69) is 0 Å². The lowest BCUT2D eigenvalue weighted by Gasteiger charge is -2.31. The van der Waals surface area contributed by atoms with Crippen molar-refractivity contribution >= 4 is 23.5 Å². The first-order valence-corrected chi connectivity index (χ1v) is 12.6. The van der Waals surface area contributed by atoms with Gasteiger partial charge in [-0.2, -0.15) is 0 Å². The number of carbonyl (C=O) groups excluding carboxylic acids is 3. The molecule has 37 heavy (non-hydrogen) atoms. The van der Waals surface area contributed by atoms with Crippen LogP contribution in [0.1, 0.15) is 41.3 Å². The largest absolute Gasteiger partial charge is 0.466 e. The Bertz CT molecular complexity index is 1210. The summed E-state index contributed by atoms with van der Waals surface area (Å²) in [6.45, 7) is 3.40. The Morgan fingerprint density at radius 1 is 0.946 bits per heavy atom. The van der Waals surface area contributed by atoms with E-state index in [9.17, 15) is 18.8 Å². The van der Waals surface area contributed by atoms with Gasteiger partial charge in [-0.1, -0.05) is 42.5 Å². The van der Waals surface area contributed by atoms with Crippen LogP contribution >= 0.6 is 0 Å². The summed E-state index contributed by atoms with van der Waals surface area (Å²) in [6, 6.07) is 22.4. The third-order valence-electron chi connectivity index (χ3n) is 6.52. The van der Waals surface area contributed by atoms with Gasteiger partial charge in [-0.15, -0.1) is 0 Å². The molecule has 3 aromatic rings. The Labute approximate surface area is 216 Å². The molecule has 0 N–H and O–H groups in total. The quantitative estimate of drug-likeness (QED) is 0.406. The second kappa shape index (κ2) is 12.3. The number of ether oxygens (including phenoxy) is 1. The lowest BCUT2D eigenvalue weighted by atomic mass is 9.97. The number of anilines is 1. The third-order valence-corrected chi connectivity index (χ3v) is 6.52. The minimum atomic E-state index is -0.332. The van der Waals surface area contributed by atoms with E-state index in [-0.39, 0.29) is 42.5 Å². The molecule has 1 fully saturated rings. The summed E-state index contributed by atoms with van der Waals surface area (Å²) in [4.78, 5) is 41.8. The standard InChI is InChI=1S/C30H31FN2O4/c1-2-37-30(36)25-9-6-18-32(21-25)28(34)19-22-12-16-27(17-13-22)33(20-23-10-14-26(31)15-11-23)29(35)24-7-4-3-5-8-24/h3-5,7-8,10-17,25H,2,6,9,18-21H2,1H3/t25-/m1/s1. The number of halogens is 1. The molecule has 4 rings (SSSR count). The van der Waals surface area contributed by atoms with E-state index in [1.165, 1.54) is 12.1 Å². The molecule has 0 aromatic heterocycles. The van der Waals surface area contributed by atoms with Crippen LogP contribution in [0.3, 0.4) is 0 Å². The first-order valence-electron chi connectivity index (χ1n) is 12.6. The van der Waals surface area contributed by atoms with E-state index in [1.54, 1.807) is 41.0 Å². The highest BCUT2D eigenvalue weighted by molar-refractivity contribution is 6.06. The second-order valence-electron chi connectivity index (χ2n) is 9.16. The van der Waals surface area contributed by atoms with Gasteiger partial charge in [0.25, 0.3) is 5.91 Å². The van der Waals surface area contributed by atoms with Crippen molar-refractivity contribution in [3.8, 4) is 0 Å². The van der Waals surface area contributed by atoms with Gasteiger partial charge in [-0.3, -0.25) is 14.4 Å². The molecule has 6 nitrogen and oxygen atoms in total. The average molecular weight is 503 g/mol. The monoisotopic (exact) mass is 502 g/mol. The minimum Gasteiger partial charge on any atom is -0.466 e. The van der Waals surface area contributed by atoms with E-state index in [4.69, 9.17) is 4.74 Å². The third kappa shape index (κ3) is 6.82. The second-order valence-corrected chi connectivity index (χ2v) is 9.16. The Balaban J connectivity index is 1.47. The van der Waals surface area contributed by atoms with Crippen LogP contribution in [0.2, 0.25) is 0 Å². The summed E-state index contributed by atoms with van der Waals surface area (Å²) < 4.78 is 18.5. The molecule has 0 unspecified atom stereocenters. The zero-order valence-electron chi connectivity index (χ0n) is 20.9. The Kier molecular flexibility index (Phi) is 8.67. The zero-order valence-corrected chi connectivity index (χ0v) is 20.9. The summed E-state index contributed by atoms with van der Waals surface area (Å²) in [5, 5.41) is 0. The fourth-order valence-electron chi connectivity index (χ4n) is 4.53. The fraction of sp³-hybridized carbons (Fsp3) is 0.300. The molecule has 0 radical (unpaired) electrons. The van der Waals surface area contributed by atoms with Gasteiger partial charge >= 0.3 is 5.97 Å². The Morgan fingerprint density at radius 3 is 2.30 bits per heavy atom. The number of esters is 1. The number of benzene rings is 3. The minimum absolute atomic E-state index is 0.0368. The van der Waals surface area contributed by atoms with E-state index in [0.717, 1.165) is 24.0 Å². The van der Waals surface area contributed by atoms with Crippen molar-refractivity contribution in [3.05, 3.63) is 101 Å². The van der Waals surface area contributed by atoms with Gasteiger partial charge in [0.1, 0.15) is 5.82 Å².